The fraction of sp³-hybridized carbons (Fsp3) is 0.143. The SMILES string of the molecule is O=C(O)[C@@]1(NS(=O)(=O)c2ccc(-c3ccc(Cl)cc3)cc2)C[C@H]1c1cccc(NCc2cccnc2)c1. The molecule has 1 heterocycles. The number of rotatable bonds is 9. The zero-order chi connectivity index (χ0) is 26.0. The van der Waals surface area contributed by atoms with Gasteiger partial charge in [-0.05, 0) is 71.1 Å². The van der Waals surface area contributed by atoms with Gasteiger partial charge in [-0.3, -0.25) is 9.78 Å². The third kappa shape index (κ3) is 5.36. The largest absolute Gasteiger partial charge is 0.480 e. The molecule has 0 bridgehead atoms. The summed E-state index contributed by atoms with van der Waals surface area (Å²) < 4.78 is 28.8. The van der Waals surface area contributed by atoms with E-state index in [1.165, 1.54) is 12.1 Å². The molecule has 4 aromatic rings. The number of nitrogens with one attached hydrogen (secondary N) is 2. The molecular formula is C28H24ClN3O4S. The molecule has 7 nitrogen and oxygen atoms in total. The lowest BCUT2D eigenvalue weighted by Gasteiger charge is -2.16. The number of carboxylic acid groups (broad SMARTS) is 1. The van der Waals surface area contributed by atoms with Gasteiger partial charge in [-0.1, -0.05) is 54.1 Å². The van der Waals surface area contributed by atoms with Crippen LogP contribution < -0.4 is 10.0 Å². The summed E-state index contributed by atoms with van der Waals surface area (Å²) in [4.78, 5) is 16.4. The van der Waals surface area contributed by atoms with E-state index in [-0.39, 0.29) is 11.3 Å². The van der Waals surface area contributed by atoms with Crippen molar-refractivity contribution in [3.8, 4) is 11.1 Å². The Bertz CT molecular complexity index is 1530. The van der Waals surface area contributed by atoms with Crippen LogP contribution in [0.4, 0.5) is 5.69 Å². The monoisotopic (exact) mass is 533 g/mol. The Morgan fingerprint density at radius 2 is 1.70 bits per heavy atom. The van der Waals surface area contributed by atoms with Crippen molar-refractivity contribution in [2.75, 3.05) is 5.32 Å². The first kappa shape index (κ1) is 25.0. The normalized spacial score (nSPS) is 18.8. The lowest BCUT2D eigenvalue weighted by molar-refractivity contribution is -0.140. The minimum atomic E-state index is -4.08. The molecule has 0 radical (unpaired) electrons. The molecule has 3 N–H and O–H groups in total. The van der Waals surface area contributed by atoms with Gasteiger partial charge in [0, 0.05) is 35.6 Å². The van der Waals surface area contributed by atoms with E-state index in [0.29, 0.717) is 11.6 Å². The topological polar surface area (TPSA) is 108 Å². The summed E-state index contributed by atoms with van der Waals surface area (Å²) in [6, 6.07) is 24.7. The molecule has 5 rings (SSSR count). The highest BCUT2D eigenvalue weighted by atomic mass is 35.5. The third-order valence-electron chi connectivity index (χ3n) is 6.51. The number of nitrogens with zero attached hydrogens (tertiary/aromatic N) is 1. The van der Waals surface area contributed by atoms with E-state index in [9.17, 15) is 18.3 Å². The van der Waals surface area contributed by atoms with E-state index in [4.69, 9.17) is 11.6 Å². The average molecular weight is 534 g/mol. The predicted octanol–water partition coefficient (Wildman–Crippen LogP) is 5.30. The maximum atomic E-state index is 13.2. The zero-order valence-corrected chi connectivity index (χ0v) is 21.2. The molecule has 0 saturated heterocycles. The maximum Gasteiger partial charge on any atom is 0.325 e. The highest BCUT2D eigenvalue weighted by Gasteiger charge is 2.63. The van der Waals surface area contributed by atoms with E-state index in [0.717, 1.165) is 27.9 Å². The summed E-state index contributed by atoms with van der Waals surface area (Å²) in [6.45, 7) is 0.560. The molecule has 3 aromatic carbocycles. The predicted molar refractivity (Wildman–Crippen MR) is 143 cm³/mol. The molecule has 37 heavy (non-hydrogen) atoms. The number of halogens is 1. The van der Waals surface area contributed by atoms with E-state index < -0.39 is 27.4 Å². The zero-order valence-electron chi connectivity index (χ0n) is 19.6. The number of benzene rings is 3. The van der Waals surface area contributed by atoms with Crippen LogP contribution in [-0.2, 0) is 21.4 Å². The fourth-order valence-electron chi connectivity index (χ4n) is 4.40. The van der Waals surface area contributed by atoms with Crippen molar-refractivity contribution in [2.45, 2.75) is 29.3 Å². The Labute approximate surface area is 220 Å². The second kappa shape index (κ2) is 9.97. The highest BCUT2D eigenvalue weighted by molar-refractivity contribution is 7.89. The number of sulfonamides is 1. The Morgan fingerprint density at radius 3 is 2.35 bits per heavy atom. The number of hydrogen-bond donors (Lipinski definition) is 3. The quantitative estimate of drug-likeness (QED) is 0.269. The molecule has 1 aliphatic rings. The number of carbonyl (C=O) groups is 1. The Morgan fingerprint density at radius 1 is 1.00 bits per heavy atom. The number of anilines is 1. The molecule has 1 fully saturated rings. The van der Waals surface area contributed by atoms with Crippen molar-refractivity contribution < 1.29 is 18.3 Å². The second-order valence-electron chi connectivity index (χ2n) is 9.01. The average Bonchev–Trinajstić information content (AvgIpc) is 3.64. The van der Waals surface area contributed by atoms with Gasteiger partial charge in [0.25, 0.3) is 0 Å². The maximum absolute atomic E-state index is 13.2. The first-order valence-electron chi connectivity index (χ1n) is 11.6. The lowest BCUT2D eigenvalue weighted by atomic mass is 10.1. The molecule has 2 atom stereocenters. The summed E-state index contributed by atoms with van der Waals surface area (Å²) in [5.41, 5.74) is 2.68. The van der Waals surface area contributed by atoms with Crippen LogP contribution >= 0.6 is 11.6 Å². The van der Waals surface area contributed by atoms with E-state index in [2.05, 4.69) is 15.0 Å². The Kier molecular flexibility index (Phi) is 6.72. The van der Waals surface area contributed by atoms with Gasteiger partial charge < -0.3 is 10.4 Å². The molecule has 1 aromatic heterocycles. The van der Waals surface area contributed by atoms with Crippen LogP contribution in [0.25, 0.3) is 11.1 Å². The van der Waals surface area contributed by atoms with Crippen molar-refractivity contribution in [3.63, 3.8) is 0 Å². The summed E-state index contributed by atoms with van der Waals surface area (Å²) in [5, 5.41) is 13.9. The Balaban J connectivity index is 1.32. The van der Waals surface area contributed by atoms with Crippen molar-refractivity contribution >= 4 is 33.3 Å². The van der Waals surface area contributed by atoms with Crippen molar-refractivity contribution in [2.24, 2.45) is 0 Å². The van der Waals surface area contributed by atoms with Crippen LogP contribution in [0.2, 0.25) is 5.02 Å². The van der Waals surface area contributed by atoms with Crippen LogP contribution in [0.1, 0.15) is 23.5 Å². The van der Waals surface area contributed by atoms with Gasteiger partial charge in [-0.15, -0.1) is 0 Å². The van der Waals surface area contributed by atoms with E-state index in [1.54, 1.807) is 36.7 Å². The number of hydrogen-bond acceptors (Lipinski definition) is 5. The first-order valence-corrected chi connectivity index (χ1v) is 13.5. The summed E-state index contributed by atoms with van der Waals surface area (Å²) in [6.07, 6.45) is 3.64. The van der Waals surface area contributed by atoms with Gasteiger partial charge in [0.1, 0.15) is 5.54 Å². The highest BCUT2D eigenvalue weighted by Crippen LogP contribution is 2.52. The second-order valence-corrected chi connectivity index (χ2v) is 11.1. The van der Waals surface area contributed by atoms with Crippen LogP contribution in [0.5, 0.6) is 0 Å². The van der Waals surface area contributed by atoms with Crippen LogP contribution in [0.15, 0.2) is 102 Å². The van der Waals surface area contributed by atoms with Crippen molar-refractivity contribution in [1.82, 2.24) is 9.71 Å². The van der Waals surface area contributed by atoms with Gasteiger partial charge in [0.2, 0.25) is 10.0 Å². The molecular weight excluding hydrogens is 510 g/mol. The summed E-state index contributed by atoms with van der Waals surface area (Å²) >= 11 is 5.94. The molecule has 0 spiro atoms. The molecule has 0 unspecified atom stereocenters. The number of aliphatic carboxylic acids is 1. The summed E-state index contributed by atoms with van der Waals surface area (Å²) in [7, 11) is -4.08. The van der Waals surface area contributed by atoms with Crippen LogP contribution in [-0.4, -0.2) is 30.0 Å². The standard InChI is InChI=1S/C28H24ClN3O4S/c29-23-10-6-20(7-11-23)21-8-12-25(13-9-21)37(35,36)32-28(27(33)34)16-26(28)22-4-1-5-24(15-22)31-18-19-3-2-14-30-17-19/h1-15,17,26,31-32H,16,18H2,(H,33,34)/t26-,28+/m0/s1. The number of carboxylic acids is 1. The van der Waals surface area contributed by atoms with Crippen LogP contribution in [0, 0.1) is 0 Å². The summed E-state index contributed by atoms with van der Waals surface area (Å²) in [5.74, 6) is -1.69. The number of aromatic nitrogens is 1. The molecule has 0 amide bonds. The van der Waals surface area contributed by atoms with Gasteiger partial charge >= 0.3 is 5.97 Å². The van der Waals surface area contributed by atoms with Crippen LogP contribution in [0.3, 0.4) is 0 Å². The van der Waals surface area contributed by atoms with E-state index in [1.807, 2.05) is 48.5 Å². The molecule has 1 aliphatic carbocycles. The van der Waals surface area contributed by atoms with E-state index >= 15 is 0 Å². The molecule has 1 saturated carbocycles. The minimum absolute atomic E-state index is 0.00313. The lowest BCUT2D eigenvalue weighted by Crippen LogP contribution is -2.44. The fourth-order valence-corrected chi connectivity index (χ4v) is 5.93. The third-order valence-corrected chi connectivity index (χ3v) is 8.29. The smallest absolute Gasteiger partial charge is 0.325 e. The van der Waals surface area contributed by atoms with Gasteiger partial charge in [-0.25, -0.2) is 8.42 Å². The van der Waals surface area contributed by atoms with Gasteiger partial charge in [0.15, 0.2) is 0 Å². The minimum Gasteiger partial charge on any atom is -0.480 e. The first-order chi connectivity index (χ1) is 17.8. The molecule has 188 valence electrons. The van der Waals surface area contributed by atoms with Gasteiger partial charge in [-0.2, -0.15) is 4.72 Å². The number of pyridine rings is 1. The molecule has 0 aliphatic heterocycles. The van der Waals surface area contributed by atoms with Gasteiger partial charge in [0.05, 0.1) is 4.90 Å². The van der Waals surface area contributed by atoms with Crippen molar-refractivity contribution in [1.29, 1.82) is 0 Å². The molecule has 9 heteroatoms. The Hall–Kier alpha value is -3.72. The van der Waals surface area contributed by atoms with Crippen molar-refractivity contribution in [3.05, 3.63) is 113 Å².